The first kappa shape index (κ1) is 37.9. The van der Waals surface area contributed by atoms with Gasteiger partial charge < -0.3 is 40.4 Å². The maximum atomic E-state index is 12.6. The number of hydrogen-bond acceptors (Lipinski definition) is 8. The number of aliphatic hydroxyl groups is 3. The number of nitrogens with one attached hydrogen (secondary N) is 2. The number of Topliss-reactive ketones (excluding diaryl/α,β-unsaturated/α-hetero) is 1. The molecule has 53 heavy (non-hydrogen) atoms. The van der Waals surface area contributed by atoms with E-state index >= 15 is 0 Å². The lowest BCUT2D eigenvalue weighted by molar-refractivity contribution is -0.121. The molecular weight excluding hydrogens is 668 g/mol. The van der Waals surface area contributed by atoms with Crippen LogP contribution in [0.25, 0.3) is 10.9 Å². The van der Waals surface area contributed by atoms with E-state index < -0.39 is 24.5 Å². The Kier molecular flexibility index (Phi) is 12.7. The van der Waals surface area contributed by atoms with Crippen molar-refractivity contribution in [3.63, 3.8) is 0 Å². The third-order valence-corrected chi connectivity index (χ3v) is 9.87. The number of ether oxygens (including phenoxy) is 1. The highest BCUT2D eigenvalue weighted by atomic mass is 16.5. The number of aliphatic hydroxyl groups excluding tert-OH is 3. The van der Waals surface area contributed by atoms with Gasteiger partial charge in [-0.15, -0.1) is 0 Å². The fraction of sp³-hybridized carbons (Fsp3) is 0.372. The summed E-state index contributed by atoms with van der Waals surface area (Å²) < 4.78 is 8.31. The highest BCUT2D eigenvalue weighted by molar-refractivity contribution is 5.83. The number of phenolic OH excluding ortho intramolecular Hbond substituents is 1. The molecule has 2 bridgehead atoms. The van der Waals surface area contributed by atoms with E-state index in [2.05, 4.69) is 40.3 Å². The number of phenols is 1. The van der Waals surface area contributed by atoms with E-state index in [4.69, 9.17) is 10.5 Å². The van der Waals surface area contributed by atoms with Crippen molar-refractivity contribution >= 4 is 16.7 Å². The van der Waals surface area contributed by atoms with Crippen LogP contribution < -0.4 is 15.8 Å². The summed E-state index contributed by atoms with van der Waals surface area (Å²) in [5, 5.41) is 46.7. The molecule has 8 N–H and O–H groups in total. The Morgan fingerprint density at radius 2 is 1.87 bits per heavy atom. The molecule has 6 rings (SSSR count). The van der Waals surface area contributed by atoms with Crippen molar-refractivity contribution in [3.8, 4) is 23.3 Å². The number of carbonyl (C=O) groups is 1. The average Bonchev–Trinajstić information content (AvgIpc) is 3.73. The molecule has 0 radical (unpaired) electrons. The van der Waals surface area contributed by atoms with Crippen LogP contribution in [0.3, 0.4) is 0 Å². The molecule has 0 saturated heterocycles. The second kappa shape index (κ2) is 17.8. The lowest BCUT2D eigenvalue weighted by Crippen LogP contribution is -2.30. The van der Waals surface area contributed by atoms with Gasteiger partial charge in [0.05, 0.1) is 30.3 Å². The fourth-order valence-electron chi connectivity index (χ4n) is 6.96. The first-order chi connectivity index (χ1) is 25.7. The molecule has 5 unspecified atom stereocenters. The summed E-state index contributed by atoms with van der Waals surface area (Å²) in [5.41, 5.74) is 13.2. The van der Waals surface area contributed by atoms with Gasteiger partial charge >= 0.3 is 0 Å². The van der Waals surface area contributed by atoms with E-state index in [0.717, 1.165) is 52.5 Å². The Bertz CT molecular complexity index is 2040. The number of ketones is 1. The molecule has 5 atom stereocenters. The van der Waals surface area contributed by atoms with Crippen LogP contribution >= 0.6 is 0 Å². The normalized spacial score (nSPS) is 17.2. The summed E-state index contributed by atoms with van der Waals surface area (Å²) in [6, 6.07) is 21.2. The third kappa shape index (κ3) is 9.96. The summed E-state index contributed by atoms with van der Waals surface area (Å²) in [6.07, 6.45) is 6.22. The number of aryl methyl sites for hydroxylation is 1. The van der Waals surface area contributed by atoms with Gasteiger partial charge in [0.15, 0.2) is 17.7 Å². The molecule has 1 aliphatic heterocycles. The topological polar surface area (TPSA) is 166 Å². The number of carbonyl (C=O) groups excluding carboxylic acids is 1. The standard InChI is InChI=1S/C43H50N4O6/c1-2-7-33(48)23-35(50)24-34(49)15-12-29-13-17-40(52)41(20-29)53-42-11-6-10-39(51)36-16-14-30(43(44)45-19-18-28-8-4-3-5-9-28)21-31(36)22-32-25-46-38-27-47(42)26-37(32)38/h3-5,8-9,13-14,16-17,20-21,25-27,33,35,39,42-43,45-46,48,50-52H,2,7,11-12,15,18-19,22-24,44H2,1H3. The minimum absolute atomic E-state index is 0.0108. The highest BCUT2D eigenvalue weighted by Crippen LogP contribution is 2.34. The van der Waals surface area contributed by atoms with E-state index in [-0.39, 0.29) is 49.1 Å². The Hall–Kier alpha value is -4.89. The molecule has 1 aliphatic rings. The zero-order chi connectivity index (χ0) is 37.3. The zero-order valence-electron chi connectivity index (χ0n) is 30.2. The molecule has 278 valence electrons. The van der Waals surface area contributed by atoms with Crippen LogP contribution in [0.4, 0.5) is 0 Å². The van der Waals surface area contributed by atoms with Gasteiger partial charge in [-0.3, -0.25) is 10.1 Å². The predicted molar refractivity (Wildman–Crippen MR) is 205 cm³/mol. The SMILES string of the molecule is CCCC(O)CC(O)CC(=O)CCc1ccc(O)c(OC2CC#CC(O)c3ccc(C(N)NCCc4ccccc4)cc3Cc3c[nH]c4cn2cc34)c1. The molecule has 0 saturated carbocycles. The van der Waals surface area contributed by atoms with Crippen LogP contribution in [-0.4, -0.2) is 54.5 Å². The molecule has 3 heterocycles. The van der Waals surface area contributed by atoms with Gasteiger partial charge in [0.25, 0.3) is 0 Å². The van der Waals surface area contributed by atoms with Gasteiger partial charge in [-0.1, -0.05) is 79.8 Å². The minimum atomic E-state index is -1.03. The van der Waals surface area contributed by atoms with E-state index in [0.29, 0.717) is 24.8 Å². The molecule has 0 fully saturated rings. The van der Waals surface area contributed by atoms with Crippen molar-refractivity contribution in [3.05, 3.63) is 119 Å². The van der Waals surface area contributed by atoms with Gasteiger partial charge in [-0.2, -0.15) is 0 Å². The van der Waals surface area contributed by atoms with E-state index in [9.17, 15) is 25.2 Å². The lowest BCUT2D eigenvalue weighted by Gasteiger charge is -2.21. The number of nitrogens with two attached hydrogens (primary N) is 1. The predicted octanol–water partition coefficient (Wildman–Crippen LogP) is 5.88. The van der Waals surface area contributed by atoms with Crippen LogP contribution in [0.2, 0.25) is 0 Å². The van der Waals surface area contributed by atoms with Gasteiger partial charge in [0, 0.05) is 49.8 Å². The molecular formula is C43H50N4O6. The van der Waals surface area contributed by atoms with Crippen molar-refractivity contribution in [2.24, 2.45) is 5.73 Å². The number of rotatable bonds is 16. The van der Waals surface area contributed by atoms with Crippen molar-refractivity contribution in [1.82, 2.24) is 14.9 Å². The second-order valence-corrected chi connectivity index (χ2v) is 14.0. The van der Waals surface area contributed by atoms with Crippen molar-refractivity contribution in [2.75, 3.05) is 6.54 Å². The van der Waals surface area contributed by atoms with Crippen LogP contribution in [0.15, 0.2) is 85.3 Å². The number of aromatic nitrogens is 2. The Morgan fingerprint density at radius 3 is 2.68 bits per heavy atom. The van der Waals surface area contributed by atoms with Gasteiger partial charge in [0.1, 0.15) is 11.9 Å². The Morgan fingerprint density at radius 1 is 1.04 bits per heavy atom. The summed E-state index contributed by atoms with van der Waals surface area (Å²) in [4.78, 5) is 16.0. The second-order valence-electron chi connectivity index (χ2n) is 14.0. The molecule has 3 aromatic carbocycles. The number of aromatic hydroxyl groups is 1. The largest absolute Gasteiger partial charge is 0.504 e. The van der Waals surface area contributed by atoms with Crippen molar-refractivity contribution in [2.45, 2.75) is 95.4 Å². The smallest absolute Gasteiger partial charge is 0.186 e. The quantitative estimate of drug-likeness (QED) is 0.0491. The summed E-state index contributed by atoms with van der Waals surface area (Å²) in [5.74, 6) is 6.24. The number of aromatic amines is 1. The molecule has 0 aliphatic carbocycles. The maximum Gasteiger partial charge on any atom is 0.186 e. The molecule has 2 aromatic heterocycles. The Balaban J connectivity index is 1.16. The van der Waals surface area contributed by atoms with Crippen LogP contribution in [0, 0.1) is 11.8 Å². The molecule has 5 aromatic rings. The minimum Gasteiger partial charge on any atom is -0.504 e. The van der Waals surface area contributed by atoms with E-state index in [1.54, 1.807) is 18.2 Å². The average molecular weight is 719 g/mol. The van der Waals surface area contributed by atoms with Crippen molar-refractivity contribution < 1.29 is 30.0 Å². The van der Waals surface area contributed by atoms with Gasteiger partial charge in [-0.25, -0.2) is 0 Å². The van der Waals surface area contributed by atoms with Gasteiger partial charge in [0.2, 0.25) is 0 Å². The lowest BCUT2D eigenvalue weighted by atomic mass is 9.94. The Labute approximate surface area is 310 Å². The number of nitrogens with zero attached hydrogens (tertiary/aromatic N) is 1. The van der Waals surface area contributed by atoms with Crippen LogP contribution in [0.1, 0.15) is 97.3 Å². The number of H-pyrrole nitrogens is 1. The molecule has 0 amide bonds. The summed E-state index contributed by atoms with van der Waals surface area (Å²) >= 11 is 0. The highest BCUT2D eigenvalue weighted by Gasteiger charge is 2.21. The molecule has 10 heteroatoms. The molecule has 10 nitrogen and oxygen atoms in total. The number of fused-ring (bicyclic) bond motifs is 2. The van der Waals surface area contributed by atoms with E-state index in [1.165, 1.54) is 5.56 Å². The van der Waals surface area contributed by atoms with Crippen molar-refractivity contribution in [1.29, 1.82) is 0 Å². The first-order valence-corrected chi connectivity index (χ1v) is 18.5. The zero-order valence-corrected chi connectivity index (χ0v) is 30.2. The summed E-state index contributed by atoms with van der Waals surface area (Å²) in [7, 11) is 0. The molecule has 0 spiro atoms. The maximum absolute atomic E-state index is 12.6. The third-order valence-electron chi connectivity index (χ3n) is 9.87. The number of hydrogen-bond donors (Lipinski definition) is 7. The van der Waals surface area contributed by atoms with Gasteiger partial charge in [-0.05, 0) is 71.2 Å². The van der Waals surface area contributed by atoms with Crippen LogP contribution in [-0.2, 0) is 24.1 Å². The van der Waals surface area contributed by atoms with E-state index in [1.807, 2.05) is 60.4 Å². The summed E-state index contributed by atoms with van der Waals surface area (Å²) in [6.45, 7) is 2.69. The van der Waals surface area contributed by atoms with Crippen LogP contribution in [0.5, 0.6) is 11.5 Å². The first-order valence-electron chi connectivity index (χ1n) is 18.5. The fourth-order valence-corrected chi connectivity index (χ4v) is 6.96. The monoisotopic (exact) mass is 718 g/mol. The number of benzene rings is 3.